The summed E-state index contributed by atoms with van der Waals surface area (Å²) in [5.41, 5.74) is 1.23. The van der Waals surface area contributed by atoms with Crippen LogP contribution in [0.5, 0.6) is 0 Å². The van der Waals surface area contributed by atoms with Crippen LogP contribution in [0.4, 0.5) is 5.69 Å². The molecule has 2 aromatic carbocycles. The first-order valence-corrected chi connectivity index (χ1v) is 10.3. The molecule has 0 amide bonds. The van der Waals surface area contributed by atoms with Gasteiger partial charge in [-0.25, -0.2) is 13.2 Å². The molecule has 0 bridgehead atoms. The third kappa shape index (κ3) is 5.08. The smallest absolute Gasteiger partial charge is 0.338 e. The molecule has 0 aliphatic carbocycles. The third-order valence-electron chi connectivity index (χ3n) is 3.88. The minimum atomic E-state index is -3.62. The predicted molar refractivity (Wildman–Crippen MR) is 102 cm³/mol. The zero-order valence-electron chi connectivity index (χ0n) is 15.2. The summed E-state index contributed by atoms with van der Waals surface area (Å²) in [6.07, 6.45) is 2.74. The van der Waals surface area contributed by atoms with Crippen LogP contribution in [0.25, 0.3) is 0 Å². The van der Waals surface area contributed by atoms with Gasteiger partial charge in [0.05, 0.1) is 22.0 Å². The van der Waals surface area contributed by atoms with E-state index < -0.39 is 15.8 Å². The molecule has 6 heteroatoms. The SMILES string of the molecule is CCCCOC(=O)c1ccc(S(=O)(=O)c2ccc(NCCC)cc2)cc1. The van der Waals surface area contributed by atoms with Gasteiger partial charge in [-0.05, 0) is 61.4 Å². The van der Waals surface area contributed by atoms with Crippen molar-refractivity contribution in [2.45, 2.75) is 42.9 Å². The summed E-state index contributed by atoms with van der Waals surface area (Å²) in [5, 5.41) is 3.21. The molecule has 0 heterocycles. The molecule has 0 atom stereocenters. The van der Waals surface area contributed by atoms with Gasteiger partial charge in [0.1, 0.15) is 0 Å². The van der Waals surface area contributed by atoms with Crippen molar-refractivity contribution in [1.29, 1.82) is 0 Å². The number of carbonyl (C=O) groups excluding carboxylic acids is 1. The lowest BCUT2D eigenvalue weighted by atomic mass is 10.2. The van der Waals surface area contributed by atoms with Crippen LogP contribution in [0.3, 0.4) is 0 Å². The topological polar surface area (TPSA) is 72.5 Å². The Hall–Kier alpha value is -2.34. The molecule has 0 aliphatic heterocycles. The highest BCUT2D eigenvalue weighted by molar-refractivity contribution is 7.91. The zero-order chi connectivity index (χ0) is 19.0. The van der Waals surface area contributed by atoms with Gasteiger partial charge < -0.3 is 10.1 Å². The first-order chi connectivity index (χ1) is 12.5. The number of sulfone groups is 1. The van der Waals surface area contributed by atoms with E-state index in [0.717, 1.165) is 31.5 Å². The number of benzene rings is 2. The van der Waals surface area contributed by atoms with Crippen molar-refractivity contribution in [2.24, 2.45) is 0 Å². The highest BCUT2D eigenvalue weighted by Gasteiger charge is 2.18. The second-order valence-corrected chi connectivity index (χ2v) is 7.92. The van der Waals surface area contributed by atoms with Crippen LogP contribution < -0.4 is 5.32 Å². The van der Waals surface area contributed by atoms with Crippen molar-refractivity contribution >= 4 is 21.5 Å². The van der Waals surface area contributed by atoms with Crippen LogP contribution in [-0.4, -0.2) is 27.5 Å². The van der Waals surface area contributed by atoms with E-state index in [1.54, 1.807) is 24.3 Å². The van der Waals surface area contributed by atoms with Gasteiger partial charge in [0, 0.05) is 12.2 Å². The lowest BCUT2D eigenvalue weighted by Crippen LogP contribution is -2.07. The first kappa shape index (κ1) is 20.0. The maximum atomic E-state index is 12.7. The van der Waals surface area contributed by atoms with E-state index in [1.807, 2.05) is 6.92 Å². The van der Waals surface area contributed by atoms with Gasteiger partial charge in [-0.2, -0.15) is 0 Å². The minimum Gasteiger partial charge on any atom is -0.462 e. The molecule has 2 aromatic rings. The lowest BCUT2D eigenvalue weighted by molar-refractivity contribution is 0.0499. The molecular formula is C20H25NO4S. The van der Waals surface area contributed by atoms with E-state index in [4.69, 9.17) is 4.74 Å². The number of nitrogens with one attached hydrogen (secondary N) is 1. The van der Waals surface area contributed by atoms with Crippen molar-refractivity contribution in [3.63, 3.8) is 0 Å². The molecule has 0 unspecified atom stereocenters. The molecule has 140 valence electrons. The normalized spacial score (nSPS) is 11.2. The molecule has 5 nitrogen and oxygen atoms in total. The quantitative estimate of drug-likeness (QED) is 0.523. The summed E-state index contributed by atoms with van der Waals surface area (Å²) in [6.45, 7) is 5.28. The van der Waals surface area contributed by atoms with Crippen molar-refractivity contribution in [1.82, 2.24) is 0 Å². The maximum absolute atomic E-state index is 12.7. The first-order valence-electron chi connectivity index (χ1n) is 8.85. The van der Waals surface area contributed by atoms with E-state index in [2.05, 4.69) is 12.2 Å². The Labute approximate surface area is 155 Å². The van der Waals surface area contributed by atoms with E-state index in [0.29, 0.717) is 12.2 Å². The molecule has 1 N–H and O–H groups in total. The van der Waals surface area contributed by atoms with Gasteiger partial charge in [0.2, 0.25) is 9.84 Å². The van der Waals surface area contributed by atoms with Crippen LogP contribution in [0.2, 0.25) is 0 Å². The minimum absolute atomic E-state index is 0.150. The van der Waals surface area contributed by atoms with Crippen LogP contribution in [0, 0.1) is 0 Å². The predicted octanol–water partition coefficient (Wildman–Crippen LogP) is 4.30. The van der Waals surface area contributed by atoms with Crippen molar-refractivity contribution in [3.8, 4) is 0 Å². The van der Waals surface area contributed by atoms with Crippen molar-refractivity contribution in [3.05, 3.63) is 54.1 Å². The third-order valence-corrected chi connectivity index (χ3v) is 5.66. The number of esters is 1. The zero-order valence-corrected chi connectivity index (χ0v) is 16.0. The molecule has 0 saturated heterocycles. The van der Waals surface area contributed by atoms with Crippen LogP contribution >= 0.6 is 0 Å². The molecule has 0 aliphatic rings. The van der Waals surface area contributed by atoms with Gasteiger partial charge >= 0.3 is 5.97 Å². The van der Waals surface area contributed by atoms with Crippen molar-refractivity contribution in [2.75, 3.05) is 18.5 Å². The number of hydrogen-bond donors (Lipinski definition) is 1. The number of rotatable bonds is 9. The highest BCUT2D eigenvalue weighted by atomic mass is 32.2. The summed E-state index contributed by atoms with van der Waals surface area (Å²) < 4.78 is 30.6. The molecule has 2 rings (SSSR count). The van der Waals surface area contributed by atoms with Crippen LogP contribution in [-0.2, 0) is 14.6 Å². The number of unbranched alkanes of at least 4 members (excludes halogenated alkanes) is 1. The molecule has 0 spiro atoms. The molecule has 0 saturated carbocycles. The number of hydrogen-bond acceptors (Lipinski definition) is 5. The van der Waals surface area contributed by atoms with Gasteiger partial charge in [0.15, 0.2) is 0 Å². The second kappa shape index (κ2) is 9.38. The Balaban J connectivity index is 2.12. The summed E-state index contributed by atoms with van der Waals surface area (Å²) in [6, 6.07) is 12.5. The fourth-order valence-corrected chi connectivity index (χ4v) is 3.58. The second-order valence-electron chi connectivity index (χ2n) is 5.97. The molecule has 0 radical (unpaired) electrons. The molecule has 0 aromatic heterocycles. The number of carbonyl (C=O) groups is 1. The monoisotopic (exact) mass is 375 g/mol. The molecular weight excluding hydrogens is 350 g/mol. The van der Waals surface area contributed by atoms with Crippen LogP contribution in [0.15, 0.2) is 58.3 Å². The van der Waals surface area contributed by atoms with E-state index in [9.17, 15) is 13.2 Å². The Kier molecular flexibility index (Phi) is 7.21. The Bertz CT molecular complexity index is 812. The van der Waals surface area contributed by atoms with Crippen LogP contribution in [0.1, 0.15) is 43.5 Å². The van der Waals surface area contributed by atoms with Gasteiger partial charge in [-0.3, -0.25) is 0 Å². The van der Waals surface area contributed by atoms with Crippen molar-refractivity contribution < 1.29 is 17.9 Å². The largest absolute Gasteiger partial charge is 0.462 e. The van der Waals surface area contributed by atoms with Gasteiger partial charge in [-0.1, -0.05) is 20.3 Å². The number of anilines is 1. The fraction of sp³-hybridized carbons (Fsp3) is 0.350. The average Bonchev–Trinajstić information content (AvgIpc) is 2.67. The van der Waals surface area contributed by atoms with E-state index in [1.165, 1.54) is 24.3 Å². The van der Waals surface area contributed by atoms with E-state index in [-0.39, 0.29) is 9.79 Å². The lowest BCUT2D eigenvalue weighted by Gasteiger charge is -2.08. The molecule has 0 fully saturated rings. The van der Waals surface area contributed by atoms with E-state index >= 15 is 0 Å². The van der Waals surface area contributed by atoms with Gasteiger partial charge in [0.25, 0.3) is 0 Å². The Morgan fingerprint density at radius 1 is 0.923 bits per heavy atom. The summed E-state index contributed by atoms with van der Waals surface area (Å²) in [4.78, 5) is 12.3. The van der Waals surface area contributed by atoms with Gasteiger partial charge in [-0.15, -0.1) is 0 Å². The Morgan fingerprint density at radius 3 is 2.04 bits per heavy atom. The maximum Gasteiger partial charge on any atom is 0.338 e. The summed E-state index contributed by atoms with van der Waals surface area (Å²) >= 11 is 0. The average molecular weight is 375 g/mol. The summed E-state index contributed by atoms with van der Waals surface area (Å²) in [7, 11) is -3.62. The summed E-state index contributed by atoms with van der Waals surface area (Å²) in [5.74, 6) is -0.436. The highest BCUT2D eigenvalue weighted by Crippen LogP contribution is 2.23. The molecule has 26 heavy (non-hydrogen) atoms. The number of ether oxygens (including phenoxy) is 1. The standard InChI is InChI=1S/C20H25NO4S/c1-3-5-15-25-20(22)16-6-10-18(11-7-16)26(23,24)19-12-8-17(9-13-19)21-14-4-2/h6-13,21H,3-5,14-15H2,1-2H3. The fourth-order valence-electron chi connectivity index (χ4n) is 2.32. The Morgan fingerprint density at radius 2 is 1.50 bits per heavy atom.